The minimum absolute atomic E-state index is 0.521. The Kier molecular flexibility index (Phi) is 3.45. The summed E-state index contributed by atoms with van der Waals surface area (Å²) in [5.74, 6) is 0.683. The highest BCUT2D eigenvalue weighted by atomic mass is 32.1. The van der Waals surface area contributed by atoms with Gasteiger partial charge in [-0.15, -0.1) is 11.3 Å². The second-order valence-electron chi connectivity index (χ2n) is 5.36. The maximum Gasteiger partial charge on any atom is 0.0973 e. The molecule has 2 atom stereocenters. The molecule has 0 spiro atoms. The van der Waals surface area contributed by atoms with E-state index in [0.29, 0.717) is 12.0 Å². The van der Waals surface area contributed by atoms with Gasteiger partial charge in [0.15, 0.2) is 0 Å². The highest BCUT2D eigenvalue weighted by Gasteiger charge is 2.25. The van der Waals surface area contributed by atoms with Crippen molar-refractivity contribution in [2.75, 3.05) is 26.7 Å². The molecule has 1 N–H and O–H groups in total. The van der Waals surface area contributed by atoms with Crippen LogP contribution in [0.1, 0.15) is 48.3 Å². The van der Waals surface area contributed by atoms with Gasteiger partial charge in [-0.05, 0) is 39.4 Å². The van der Waals surface area contributed by atoms with Crippen LogP contribution in [0.15, 0.2) is 5.38 Å². The molecule has 3 heterocycles. The van der Waals surface area contributed by atoms with Crippen LogP contribution in [-0.4, -0.2) is 36.6 Å². The molecule has 2 aliphatic heterocycles. The van der Waals surface area contributed by atoms with Crippen molar-refractivity contribution >= 4 is 11.3 Å². The van der Waals surface area contributed by atoms with Crippen LogP contribution in [0.3, 0.4) is 0 Å². The largest absolute Gasteiger partial charge is 0.309 e. The van der Waals surface area contributed by atoms with Gasteiger partial charge in [-0.25, -0.2) is 4.98 Å². The van der Waals surface area contributed by atoms with Crippen molar-refractivity contribution in [3.05, 3.63) is 16.1 Å². The van der Waals surface area contributed by atoms with E-state index in [1.54, 1.807) is 0 Å². The first-order valence-corrected chi connectivity index (χ1v) is 7.58. The molecule has 94 valence electrons. The number of hydrogen-bond acceptors (Lipinski definition) is 4. The summed E-state index contributed by atoms with van der Waals surface area (Å²) in [6.07, 6.45) is 5.20. The molecule has 17 heavy (non-hydrogen) atoms. The van der Waals surface area contributed by atoms with Crippen LogP contribution in [0, 0.1) is 0 Å². The van der Waals surface area contributed by atoms with E-state index in [9.17, 15) is 0 Å². The fourth-order valence-electron chi connectivity index (χ4n) is 2.89. The third kappa shape index (κ3) is 2.54. The molecule has 0 radical (unpaired) electrons. The van der Waals surface area contributed by atoms with Crippen molar-refractivity contribution in [1.82, 2.24) is 15.2 Å². The number of rotatable bonds is 2. The fourth-order valence-corrected chi connectivity index (χ4v) is 3.89. The molecule has 2 aliphatic rings. The van der Waals surface area contributed by atoms with Crippen LogP contribution in [0.2, 0.25) is 0 Å². The minimum atomic E-state index is 0.521. The fraction of sp³-hybridized carbons (Fsp3) is 0.769. The molecule has 0 bridgehead atoms. The van der Waals surface area contributed by atoms with Crippen molar-refractivity contribution in [2.45, 2.75) is 37.6 Å². The lowest BCUT2D eigenvalue weighted by Gasteiger charge is -2.21. The van der Waals surface area contributed by atoms with E-state index in [1.807, 2.05) is 11.3 Å². The van der Waals surface area contributed by atoms with Gasteiger partial charge in [-0.3, -0.25) is 0 Å². The van der Waals surface area contributed by atoms with Crippen LogP contribution in [-0.2, 0) is 0 Å². The molecule has 2 unspecified atom stereocenters. The number of aromatic nitrogens is 1. The Bertz CT molecular complexity index is 351. The molecule has 1 aromatic heterocycles. The van der Waals surface area contributed by atoms with E-state index in [0.717, 1.165) is 6.54 Å². The van der Waals surface area contributed by atoms with Gasteiger partial charge in [-0.2, -0.15) is 0 Å². The van der Waals surface area contributed by atoms with Crippen molar-refractivity contribution in [2.24, 2.45) is 0 Å². The van der Waals surface area contributed by atoms with E-state index >= 15 is 0 Å². The first kappa shape index (κ1) is 11.6. The normalized spacial score (nSPS) is 30.9. The Labute approximate surface area is 107 Å². The quantitative estimate of drug-likeness (QED) is 0.874. The predicted octanol–water partition coefficient (Wildman–Crippen LogP) is 2.38. The van der Waals surface area contributed by atoms with Gasteiger partial charge in [0.2, 0.25) is 0 Å². The summed E-state index contributed by atoms with van der Waals surface area (Å²) in [7, 11) is 2.21. The Hall–Kier alpha value is -0.450. The SMILES string of the molecule is CN1CCC(c2nc(C3CCCCN3)cs2)C1. The third-order valence-electron chi connectivity index (χ3n) is 3.95. The first-order valence-electron chi connectivity index (χ1n) is 6.70. The van der Waals surface area contributed by atoms with Crippen LogP contribution >= 0.6 is 11.3 Å². The van der Waals surface area contributed by atoms with E-state index in [-0.39, 0.29) is 0 Å². The number of nitrogens with one attached hydrogen (secondary N) is 1. The molecule has 0 amide bonds. The molecule has 0 aromatic carbocycles. The summed E-state index contributed by atoms with van der Waals surface area (Å²) in [6.45, 7) is 3.57. The molecule has 3 nitrogen and oxygen atoms in total. The zero-order valence-electron chi connectivity index (χ0n) is 10.5. The molecule has 2 saturated heterocycles. The Morgan fingerprint density at radius 1 is 1.41 bits per heavy atom. The molecule has 3 rings (SSSR count). The summed E-state index contributed by atoms with van der Waals surface area (Å²) in [5, 5.41) is 7.21. The number of hydrogen-bond donors (Lipinski definition) is 1. The molecule has 0 aliphatic carbocycles. The zero-order chi connectivity index (χ0) is 11.7. The first-order chi connectivity index (χ1) is 8.33. The smallest absolute Gasteiger partial charge is 0.0973 e. The lowest BCUT2D eigenvalue weighted by Crippen LogP contribution is -2.27. The molecular formula is C13H21N3S. The number of likely N-dealkylation sites (N-methyl/N-ethyl adjacent to an activating group) is 1. The van der Waals surface area contributed by atoms with Crippen molar-refractivity contribution in [1.29, 1.82) is 0 Å². The third-order valence-corrected chi connectivity index (χ3v) is 4.97. The van der Waals surface area contributed by atoms with Gasteiger partial charge in [-0.1, -0.05) is 6.42 Å². The van der Waals surface area contributed by atoms with Gasteiger partial charge >= 0.3 is 0 Å². The number of nitrogens with zero attached hydrogens (tertiary/aromatic N) is 2. The van der Waals surface area contributed by atoms with Crippen molar-refractivity contribution in [3.8, 4) is 0 Å². The zero-order valence-corrected chi connectivity index (χ0v) is 11.3. The van der Waals surface area contributed by atoms with Crippen LogP contribution in [0.25, 0.3) is 0 Å². The highest BCUT2D eigenvalue weighted by molar-refractivity contribution is 7.09. The standard InChI is InChI=1S/C13H21N3S/c1-16-7-5-10(8-16)13-15-12(9-17-13)11-4-2-3-6-14-11/h9-11,14H,2-8H2,1H3. The van der Waals surface area contributed by atoms with Crippen LogP contribution < -0.4 is 5.32 Å². The Morgan fingerprint density at radius 3 is 3.06 bits per heavy atom. The Balaban J connectivity index is 1.69. The molecule has 2 fully saturated rings. The van der Waals surface area contributed by atoms with E-state index in [1.165, 1.54) is 49.5 Å². The maximum atomic E-state index is 4.88. The second-order valence-corrected chi connectivity index (χ2v) is 6.25. The molecule has 1 aromatic rings. The number of likely N-dealkylation sites (tertiary alicyclic amines) is 1. The van der Waals surface area contributed by atoms with Crippen molar-refractivity contribution < 1.29 is 0 Å². The van der Waals surface area contributed by atoms with Gasteiger partial charge in [0, 0.05) is 17.8 Å². The van der Waals surface area contributed by atoms with Crippen molar-refractivity contribution in [3.63, 3.8) is 0 Å². The summed E-state index contributed by atoms with van der Waals surface area (Å²) in [6, 6.07) is 0.521. The average molecular weight is 251 g/mol. The molecular weight excluding hydrogens is 230 g/mol. The maximum absolute atomic E-state index is 4.88. The molecule has 0 saturated carbocycles. The van der Waals surface area contributed by atoms with Gasteiger partial charge < -0.3 is 10.2 Å². The summed E-state index contributed by atoms with van der Waals surface area (Å²) >= 11 is 1.86. The van der Waals surface area contributed by atoms with E-state index < -0.39 is 0 Å². The lowest BCUT2D eigenvalue weighted by molar-refractivity contribution is 0.403. The average Bonchev–Trinajstić information content (AvgIpc) is 2.98. The highest BCUT2D eigenvalue weighted by Crippen LogP contribution is 2.31. The van der Waals surface area contributed by atoms with E-state index in [2.05, 4.69) is 22.6 Å². The summed E-state index contributed by atoms with van der Waals surface area (Å²) in [4.78, 5) is 7.29. The topological polar surface area (TPSA) is 28.2 Å². The van der Waals surface area contributed by atoms with Gasteiger partial charge in [0.25, 0.3) is 0 Å². The Morgan fingerprint density at radius 2 is 2.35 bits per heavy atom. The van der Waals surface area contributed by atoms with Gasteiger partial charge in [0.1, 0.15) is 0 Å². The summed E-state index contributed by atoms with van der Waals surface area (Å²) in [5.41, 5.74) is 1.29. The second kappa shape index (κ2) is 5.04. The number of piperidine rings is 1. The van der Waals surface area contributed by atoms with Gasteiger partial charge in [0.05, 0.1) is 16.7 Å². The van der Waals surface area contributed by atoms with Crippen LogP contribution in [0.4, 0.5) is 0 Å². The lowest BCUT2D eigenvalue weighted by atomic mass is 10.0. The summed E-state index contributed by atoms with van der Waals surface area (Å²) < 4.78 is 0. The number of thiazole rings is 1. The van der Waals surface area contributed by atoms with E-state index in [4.69, 9.17) is 4.98 Å². The minimum Gasteiger partial charge on any atom is -0.309 e. The van der Waals surface area contributed by atoms with Crippen LogP contribution in [0.5, 0.6) is 0 Å². The monoisotopic (exact) mass is 251 g/mol. The molecule has 4 heteroatoms. The predicted molar refractivity (Wildman–Crippen MR) is 71.6 cm³/mol.